The van der Waals surface area contributed by atoms with E-state index in [4.69, 9.17) is 0 Å². The average Bonchev–Trinajstić information content (AvgIpc) is 2.85. The first-order chi connectivity index (χ1) is 15.7. The predicted molar refractivity (Wildman–Crippen MR) is 128 cm³/mol. The fourth-order valence-corrected chi connectivity index (χ4v) is 5.77. The van der Waals surface area contributed by atoms with Crippen LogP contribution < -0.4 is 10.2 Å². The van der Waals surface area contributed by atoms with Crippen LogP contribution in [0.15, 0.2) is 54.6 Å². The molecule has 1 aliphatic carbocycles. The van der Waals surface area contributed by atoms with Crippen molar-refractivity contribution < 1.29 is 9.59 Å². The molecule has 0 spiro atoms. The number of carbonyl (C=O) groups is 2. The van der Waals surface area contributed by atoms with Crippen LogP contribution in [0.4, 0.5) is 11.4 Å². The molecule has 2 aromatic carbocycles. The van der Waals surface area contributed by atoms with Crippen LogP contribution in [0, 0.1) is 5.92 Å². The van der Waals surface area contributed by atoms with Crippen molar-refractivity contribution in [1.29, 1.82) is 0 Å². The first kappa shape index (κ1) is 21.2. The van der Waals surface area contributed by atoms with Crippen LogP contribution in [0.2, 0.25) is 0 Å². The zero-order chi connectivity index (χ0) is 21.9. The normalized spacial score (nSPS) is 23.3. The molecule has 3 aliphatic rings. The third-order valence-electron chi connectivity index (χ3n) is 7.47. The molecule has 5 nitrogen and oxygen atoms in total. The summed E-state index contributed by atoms with van der Waals surface area (Å²) >= 11 is 0. The van der Waals surface area contributed by atoms with Gasteiger partial charge in [0.05, 0.1) is 12.6 Å². The van der Waals surface area contributed by atoms with E-state index in [9.17, 15) is 9.59 Å². The van der Waals surface area contributed by atoms with Crippen LogP contribution in [0.5, 0.6) is 0 Å². The molecular weight excluding hydrogens is 398 g/mol. The van der Waals surface area contributed by atoms with Gasteiger partial charge in [-0.3, -0.25) is 14.5 Å². The number of benzene rings is 2. The van der Waals surface area contributed by atoms with E-state index in [2.05, 4.69) is 28.4 Å². The molecule has 2 heterocycles. The van der Waals surface area contributed by atoms with E-state index in [-0.39, 0.29) is 23.9 Å². The number of nitrogens with zero attached hydrogens (tertiary/aromatic N) is 2. The lowest BCUT2D eigenvalue weighted by Gasteiger charge is -2.44. The first-order valence-electron chi connectivity index (χ1n) is 12.2. The maximum atomic E-state index is 13.9. The number of piperazine rings is 1. The van der Waals surface area contributed by atoms with Gasteiger partial charge in [-0.15, -0.1) is 0 Å². The lowest BCUT2D eigenvalue weighted by molar-refractivity contribution is -0.132. The number of ketones is 1. The molecule has 2 fully saturated rings. The molecule has 2 atom stereocenters. The highest BCUT2D eigenvalue weighted by atomic mass is 16.2. The Morgan fingerprint density at radius 1 is 0.906 bits per heavy atom. The van der Waals surface area contributed by atoms with Crippen LogP contribution in [-0.4, -0.2) is 48.3 Å². The smallest absolute Gasteiger partial charge is 0.241 e. The van der Waals surface area contributed by atoms with Crippen molar-refractivity contribution in [3.8, 4) is 0 Å². The van der Waals surface area contributed by atoms with Gasteiger partial charge >= 0.3 is 0 Å². The van der Waals surface area contributed by atoms with E-state index in [1.54, 1.807) is 0 Å². The van der Waals surface area contributed by atoms with Gasteiger partial charge in [0, 0.05) is 36.4 Å². The Labute approximate surface area is 190 Å². The summed E-state index contributed by atoms with van der Waals surface area (Å²) in [6, 6.07) is 18.1. The molecule has 2 unspecified atom stereocenters. The van der Waals surface area contributed by atoms with Gasteiger partial charge in [-0.1, -0.05) is 55.7 Å². The Morgan fingerprint density at radius 2 is 1.66 bits per heavy atom. The van der Waals surface area contributed by atoms with E-state index < -0.39 is 0 Å². The van der Waals surface area contributed by atoms with Gasteiger partial charge in [0.2, 0.25) is 5.91 Å². The summed E-state index contributed by atoms with van der Waals surface area (Å²) < 4.78 is 0. The second-order valence-electron chi connectivity index (χ2n) is 9.48. The van der Waals surface area contributed by atoms with E-state index in [1.165, 1.54) is 12.0 Å². The number of carbonyl (C=O) groups excluding carboxylic acids is 2. The van der Waals surface area contributed by atoms with Crippen LogP contribution in [0.25, 0.3) is 0 Å². The second kappa shape index (κ2) is 9.45. The molecule has 2 aromatic rings. The Morgan fingerprint density at radius 3 is 2.44 bits per heavy atom. The standard InChI is InChI=1S/C27H33N3O2/c31-25-19-29(17-18-30(25)22-12-5-2-6-13-22)26(27(32)21-10-3-1-4-11-21)24-16-15-20-9-7-8-14-23(20)28-24/h2,5-9,12-14,21,24,26,28H,1,3-4,10-11,15-19H2. The molecule has 2 aliphatic heterocycles. The molecule has 0 radical (unpaired) electrons. The lowest BCUT2D eigenvalue weighted by atomic mass is 9.80. The summed E-state index contributed by atoms with van der Waals surface area (Å²) in [4.78, 5) is 31.0. The van der Waals surface area contributed by atoms with Crippen LogP contribution in [0.1, 0.15) is 44.1 Å². The first-order valence-corrected chi connectivity index (χ1v) is 12.2. The van der Waals surface area contributed by atoms with E-state index >= 15 is 0 Å². The van der Waals surface area contributed by atoms with Crippen molar-refractivity contribution in [3.05, 3.63) is 60.2 Å². The van der Waals surface area contributed by atoms with Gasteiger partial charge in [0.15, 0.2) is 5.78 Å². The number of para-hydroxylation sites is 2. The summed E-state index contributed by atoms with van der Waals surface area (Å²) in [6.07, 6.45) is 7.41. The van der Waals surface area contributed by atoms with Crippen molar-refractivity contribution in [2.45, 2.75) is 57.0 Å². The number of hydrogen-bond acceptors (Lipinski definition) is 4. The third kappa shape index (κ3) is 4.31. The van der Waals surface area contributed by atoms with E-state index in [1.807, 2.05) is 41.3 Å². The van der Waals surface area contributed by atoms with E-state index in [0.717, 1.165) is 56.4 Å². The number of fused-ring (bicyclic) bond motifs is 1. The van der Waals surface area contributed by atoms with Crippen LogP contribution >= 0.6 is 0 Å². The fraction of sp³-hybridized carbons (Fsp3) is 0.481. The number of anilines is 2. The molecule has 32 heavy (non-hydrogen) atoms. The number of amides is 1. The van der Waals surface area contributed by atoms with Gasteiger partial charge in [0.25, 0.3) is 0 Å². The summed E-state index contributed by atoms with van der Waals surface area (Å²) in [5, 5.41) is 3.68. The minimum absolute atomic E-state index is 0.0513. The maximum absolute atomic E-state index is 13.9. The Balaban J connectivity index is 1.38. The minimum Gasteiger partial charge on any atom is -0.380 e. The van der Waals surface area contributed by atoms with Crippen molar-refractivity contribution in [2.24, 2.45) is 5.92 Å². The van der Waals surface area contributed by atoms with E-state index in [0.29, 0.717) is 18.9 Å². The van der Waals surface area contributed by atoms with Gasteiger partial charge in [-0.2, -0.15) is 0 Å². The highest BCUT2D eigenvalue weighted by Gasteiger charge is 2.41. The van der Waals surface area contributed by atoms with Crippen molar-refractivity contribution >= 4 is 23.1 Å². The van der Waals surface area contributed by atoms with Gasteiger partial charge in [0.1, 0.15) is 0 Å². The number of aryl methyl sites for hydroxylation is 1. The summed E-state index contributed by atoms with van der Waals surface area (Å²) in [5.41, 5.74) is 3.40. The number of hydrogen-bond donors (Lipinski definition) is 1. The molecule has 5 rings (SSSR count). The Kier molecular flexibility index (Phi) is 6.26. The molecule has 1 amide bonds. The second-order valence-corrected chi connectivity index (χ2v) is 9.48. The quantitative estimate of drug-likeness (QED) is 0.768. The topological polar surface area (TPSA) is 52.7 Å². The molecule has 0 bridgehead atoms. The Bertz CT molecular complexity index is 954. The largest absolute Gasteiger partial charge is 0.380 e. The molecule has 168 valence electrons. The number of rotatable bonds is 5. The van der Waals surface area contributed by atoms with Crippen LogP contribution in [0.3, 0.4) is 0 Å². The average molecular weight is 432 g/mol. The highest BCUT2D eigenvalue weighted by molar-refractivity contribution is 5.96. The predicted octanol–water partition coefficient (Wildman–Crippen LogP) is 4.28. The zero-order valence-electron chi connectivity index (χ0n) is 18.7. The summed E-state index contributed by atoms with van der Waals surface area (Å²) in [5.74, 6) is 0.567. The summed E-state index contributed by atoms with van der Waals surface area (Å²) in [7, 11) is 0. The Hall–Kier alpha value is -2.66. The molecule has 1 N–H and O–H groups in total. The maximum Gasteiger partial charge on any atom is 0.241 e. The van der Waals surface area contributed by atoms with Gasteiger partial charge in [-0.05, 0) is 49.4 Å². The zero-order valence-corrected chi connectivity index (χ0v) is 18.7. The molecule has 5 heteroatoms. The van der Waals surface area contributed by atoms with Crippen molar-refractivity contribution in [1.82, 2.24) is 4.90 Å². The van der Waals surface area contributed by atoms with Crippen LogP contribution in [-0.2, 0) is 16.0 Å². The molecule has 1 saturated heterocycles. The summed E-state index contributed by atoms with van der Waals surface area (Å²) in [6.45, 7) is 1.65. The van der Waals surface area contributed by atoms with Crippen molar-refractivity contribution in [2.75, 3.05) is 29.9 Å². The SMILES string of the molecule is O=C(C1CCCCC1)C(C1CCc2ccccc2N1)N1CCN(c2ccccc2)C(=O)C1. The van der Waals surface area contributed by atoms with Gasteiger partial charge in [-0.25, -0.2) is 0 Å². The van der Waals surface area contributed by atoms with Crippen molar-refractivity contribution in [3.63, 3.8) is 0 Å². The third-order valence-corrected chi connectivity index (χ3v) is 7.47. The van der Waals surface area contributed by atoms with Gasteiger partial charge < -0.3 is 10.2 Å². The molecule has 0 aromatic heterocycles. The highest BCUT2D eigenvalue weighted by Crippen LogP contribution is 2.32. The fourth-order valence-electron chi connectivity index (χ4n) is 5.77. The molecule has 1 saturated carbocycles. The number of Topliss-reactive ketones (excluding diaryl/α,β-unsaturated/α-hetero) is 1. The molecular formula is C27H33N3O2. The monoisotopic (exact) mass is 431 g/mol. The minimum atomic E-state index is -0.242. The number of nitrogens with one attached hydrogen (secondary N) is 1. The lowest BCUT2D eigenvalue weighted by Crippen LogP contribution is -2.61.